The van der Waals surface area contributed by atoms with Crippen LogP contribution in [0.4, 0.5) is 0 Å². The van der Waals surface area contributed by atoms with E-state index in [0.29, 0.717) is 6.54 Å². The normalized spacial score (nSPS) is 14.9. The van der Waals surface area contributed by atoms with Crippen LogP contribution in [0.1, 0.15) is 28.8 Å². The van der Waals surface area contributed by atoms with Crippen LogP contribution >= 0.6 is 15.9 Å². The highest BCUT2D eigenvalue weighted by Crippen LogP contribution is 2.24. The lowest BCUT2D eigenvalue weighted by molar-refractivity contribution is 0.0949. The molecule has 1 aliphatic carbocycles. The van der Waals surface area contributed by atoms with Gasteiger partial charge >= 0.3 is 0 Å². The molecule has 0 unspecified atom stereocenters. The van der Waals surface area contributed by atoms with E-state index in [0.717, 1.165) is 28.2 Å². The number of aryl methyl sites for hydroxylation is 1. The summed E-state index contributed by atoms with van der Waals surface area (Å²) in [6.45, 7) is 3.62. The van der Waals surface area contributed by atoms with E-state index >= 15 is 0 Å². The largest absolute Gasteiger partial charge is 0.351 e. The molecule has 0 aromatic heterocycles. The third-order valence-corrected chi connectivity index (χ3v) is 4.23. The molecule has 2 rings (SSSR count). The lowest BCUT2D eigenvalue weighted by atomic mass is 10.1. The first kappa shape index (κ1) is 13.6. The second-order valence-electron chi connectivity index (χ2n) is 4.93. The van der Waals surface area contributed by atoms with Crippen molar-refractivity contribution in [2.24, 2.45) is 0 Å². The van der Waals surface area contributed by atoms with Crippen LogP contribution in [0.5, 0.6) is 0 Å². The van der Waals surface area contributed by atoms with Crippen molar-refractivity contribution in [1.29, 1.82) is 0 Å². The molecule has 0 radical (unpaired) electrons. The highest BCUT2D eigenvalue weighted by atomic mass is 79.9. The molecule has 0 saturated heterocycles. The number of hydrogen-bond donors (Lipinski definition) is 1. The molecular formula is C14H19BrN2O. The molecule has 98 valence electrons. The summed E-state index contributed by atoms with van der Waals surface area (Å²) in [6, 6.07) is 6.42. The summed E-state index contributed by atoms with van der Waals surface area (Å²) in [6.07, 6.45) is 2.60. The Morgan fingerprint density at radius 3 is 2.83 bits per heavy atom. The molecule has 0 spiro atoms. The summed E-state index contributed by atoms with van der Waals surface area (Å²) in [4.78, 5) is 14.2. The molecule has 1 aliphatic rings. The lowest BCUT2D eigenvalue weighted by Crippen LogP contribution is -2.33. The van der Waals surface area contributed by atoms with Gasteiger partial charge in [-0.3, -0.25) is 4.79 Å². The second kappa shape index (κ2) is 5.85. The Morgan fingerprint density at radius 2 is 2.22 bits per heavy atom. The third kappa shape index (κ3) is 3.56. The van der Waals surface area contributed by atoms with Gasteiger partial charge in [-0.15, -0.1) is 0 Å². The topological polar surface area (TPSA) is 32.3 Å². The minimum Gasteiger partial charge on any atom is -0.351 e. The number of amides is 1. The average Bonchev–Trinajstić information content (AvgIpc) is 3.16. The first-order valence-corrected chi connectivity index (χ1v) is 7.12. The molecule has 4 heteroatoms. The Morgan fingerprint density at radius 1 is 1.50 bits per heavy atom. The molecule has 1 aromatic carbocycles. The van der Waals surface area contributed by atoms with Crippen molar-refractivity contribution in [3.8, 4) is 0 Å². The van der Waals surface area contributed by atoms with Gasteiger partial charge in [0.15, 0.2) is 0 Å². The number of likely N-dealkylation sites (N-methyl/N-ethyl adjacent to an activating group) is 1. The molecule has 0 aliphatic heterocycles. The number of halogens is 1. The number of benzene rings is 1. The number of hydrogen-bond acceptors (Lipinski definition) is 2. The summed E-state index contributed by atoms with van der Waals surface area (Å²) < 4.78 is 1.03. The molecule has 18 heavy (non-hydrogen) atoms. The highest BCUT2D eigenvalue weighted by molar-refractivity contribution is 9.10. The van der Waals surface area contributed by atoms with Gasteiger partial charge in [-0.2, -0.15) is 0 Å². The van der Waals surface area contributed by atoms with Gasteiger partial charge in [0.05, 0.1) is 0 Å². The first-order valence-electron chi connectivity index (χ1n) is 6.32. The maximum absolute atomic E-state index is 11.9. The zero-order valence-electron chi connectivity index (χ0n) is 10.9. The van der Waals surface area contributed by atoms with Crippen LogP contribution in [0.25, 0.3) is 0 Å². The fourth-order valence-electron chi connectivity index (χ4n) is 1.93. The lowest BCUT2D eigenvalue weighted by Gasteiger charge is -2.15. The van der Waals surface area contributed by atoms with E-state index in [2.05, 4.69) is 33.2 Å². The molecule has 1 aromatic rings. The molecular weight excluding hydrogens is 292 g/mol. The standard InChI is InChI=1S/C14H19BrN2O/c1-10-9-11(3-6-13(10)15)14(18)16-7-8-17(2)12-4-5-12/h3,6,9,12H,4-5,7-8H2,1-2H3,(H,16,18). The van der Waals surface area contributed by atoms with Gasteiger partial charge in [0.1, 0.15) is 0 Å². The van der Waals surface area contributed by atoms with Crippen molar-refractivity contribution in [2.45, 2.75) is 25.8 Å². The first-order chi connectivity index (χ1) is 8.58. The molecule has 1 N–H and O–H groups in total. The average molecular weight is 311 g/mol. The van der Waals surface area contributed by atoms with E-state index in [4.69, 9.17) is 0 Å². The van der Waals surface area contributed by atoms with Gasteiger partial charge < -0.3 is 10.2 Å². The Hall–Kier alpha value is -0.870. The Balaban J connectivity index is 1.81. The SMILES string of the molecule is Cc1cc(C(=O)NCCN(C)C2CC2)ccc1Br. The third-order valence-electron chi connectivity index (χ3n) is 3.34. The van der Waals surface area contributed by atoms with Crippen LogP contribution in [-0.2, 0) is 0 Å². The number of nitrogens with one attached hydrogen (secondary N) is 1. The van der Waals surface area contributed by atoms with E-state index in [1.54, 1.807) is 0 Å². The predicted molar refractivity (Wildman–Crippen MR) is 76.9 cm³/mol. The molecule has 0 heterocycles. The smallest absolute Gasteiger partial charge is 0.251 e. The van der Waals surface area contributed by atoms with Crippen LogP contribution in [0, 0.1) is 6.92 Å². The molecule has 1 saturated carbocycles. The Kier molecular flexibility index (Phi) is 4.40. The fraction of sp³-hybridized carbons (Fsp3) is 0.500. The van der Waals surface area contributed by atoms with Gasteiger partial charge in [-0.05, 0) is 50.6 Å². The van der Waals surface area contributed by atoms with Crippen molar-refractivity contribution in [1.82, 2.24) is 10.2 Å². The number of rotatable bonds is 5. The summed E-state index contributed by atoms with van der Waals surface area (Å²) in [5.74, 6) is 0.00907. The van der Waals surface area contributed by atoms with Crippen molar-refractivity contribution in [3.63, 3.8) is 0 Å². The molecule has 3 nitrogen and oxygen atoms in total. The van der Waals surface area contributed by atoms with Crippen LogP contribution in [0.3, 0.4) is 0 Å². The van der Waals surface area contributed by atoms with E-state index < -0.39 is 0 Å². The highest BCUT2D eigenvalue weighted by Gasteiger charge is 2.25. The van der Waals surface area contributed by atoms with E-state index in [-0.39, 0.29) is 5.91 Å². The van der Waals surface area contributed by atoms with Crippen molar-refractivity contribution in [2.75, 3.05) is 20.1 Å². The van der Waals surface area contributed by atoms with Crippen LogP contribution in [-0.4, -0.2) is 37.0 Å². The Labute approximate surface area is 117 Å². The number of carbonyl (C=O) groups is 1. The van der Waals surface area contributed by atoms with Crippen molar-refractivity contribution < 1.29 is 4.79 Å². The van der Waals surface area contributed by atoms with Crippen LogP contribution < -0.4 is 5.32 Å². The maximum atomic E-state index is 11.9. The monoisotopic (exact) mass is 310 g/mol. The van der Waals surface area contributed by atoms with Gasteiger partial charge in [-0.25, -0.2) is 0 Å². The summed E-state index contributed by atoms with van der Waals surface area (Å²) in [5, 5.41) is 2.96. The zero-order valence-corrected chi connectivity index (χ0v) is 12.5. The van der Waals surface area contributed by atoms with E-state index in [9.17, 15) is 4.79 Å². The summed E-state index contributed by atoms with van der Waals surface area (Å²) in [5.41, 5.74) is 1.81. The van der Waals surface area contributed by atoms with Crippen molar-refractivity contribution in [3.05, 3.63) is 33.8 Å². The zero-order chi connectivity index (χ0) is 13.1. The summed E-state index contributed by atoms with van der Waals surface area (Å²) in [7, 11) is 2.12. The Bertz CT molecular complexity index is 443. The molecule has 1 amide bonds. The number of nitrogens with zero attached hydrogens (tertiary/aromatic N) is 1. The van der Waals surface area contributed by atoms with Gasteiger partial charge in [0.25, 0.3) is 5.91 Å². The minimum atomic E-state index is 0.00907. The second-order valence-corrected chi connectivity index (χ2v) is 5.79. The van der Waals surface area contributed by atoms with Crippen LogP contribution in [0.2, 0.25) is 0 Å². The maximum Gasteiger partial charge on any atom is 0.251 e. The molecule has 1 fully saturated rings. The van der Waals surface area contributed by atoms with Gasteiger partial charge in [0, 0.05) is 29.2 Å². The molecule has 0 atom stereocenters. The van der Waals surface area contributed by atoms with E-state index in [1.807, 2.05) is 25.1 Å². The van der Waals surface area contributed by atoms with E-state index in [1.165, 1.54) is 12.8 Å². The van der Waals surface area contributed by atoms with Gasteiger partial charge in [0.2, 0.25) is 0 Å². The minimum absolute atomic E-state index is 0.00907. The number of carbonyl (C=O) groups excluding carboxylic acids is 1. The summed E-state index contributed by atoms with van der Waals surface area (Å²) >= 11 is 3.43. The van der Waals surface area contributed by atoms with Crippen molar-refractivity contribution >= 4 is 21.8 Å². The predicted octanol–water partition coefficient (Wildman–Crippen LogP) is 2.58. The van der Waals surface area contributed by atoms with Gasteiger partial charge in [-0.1, -0.05) is 15.9 Å². The van der Waals surface area contributed by atoms with Crippen LogP contribution in [0.15, 0.2) is 22.7 Å². The quantitative estimate of drug-likeness (QED) is 0.906. The molecule has 0 bridgehead atoms. The fourth-order valence-corrected chi connectivity index (χ4v) is 2.18.